The summed E-state index contributed by atoms with van der Waals surface area (Å²) in [4.78, 5) is 0. The fourth-order valence-corrected chi connectivity index (χ4v) is 2.66. The van der Waals surface area contributed by atoms with Crippen molar-refractivity contribution >= 4 is 10.8 Å². The Labute approximate surface area is 121 Å². The zero-order chi connectivity index (χ0) is 13.9. The van der Waals surface area contributed by atoms with Crippen molar-refractivity contribution in [1.82, 2.24) is 5.32 Å². The third kappa shape index (κ3) is 2.80. The molecule has 20 heavy (non-hydrogen) atoms. The first-order valence-corrected chi connectivity index (χ1v) is 7.67. The van der Waals surface area contributed by atoms with Crippen molar-refractivity contribution in [3.63, 3.8) is 0 Å². The Morgan fingerprint density at radius 1 is 1.20 bits per heavy atom. The van der Waals surface area contributed by atoms with E-state index < -0.39 is 0 Å². The Hall–Kier alpha value is -1.54. The van der Waals surface area contributed by atoms with Crippen molar-refractivity contribution < 1.29 is 4.74 Å². The average Bonchev–Trinajstić information content (AvgIpc) is 3.29. The molecule has 1 aliphatic rings. The van der Waals surface area contributed by atoms with Crippen LogP contribution in [-0.4, -0.2) is 13.2 Å². The molecule has 1 aliphatic carbocycles. The zero-order valence-corrected chi connectivity index (χ0v) is 12.4. The second-order valence-corrected chi connectivity index (χ2v) is 5.74. The van der Waals surface area contributed by atoms with Gasteiger partial charge in [0.05, 0.1) is 6.61 Å². The third-order valence-electron chi connectivity index (χ3n) is 4.05. The highest BCUT2D eigenvalue weighted by molar-refractivity contribution is 5.89. The largest absolute Gasteiger partial charge is 0.492 e. The topological polar surface area (TPSA) is 21.3 Å². The molecule has 0 aromatic heterocycles. The monoisotopic (exact) mass is 269 g/mol. The van der Waals surface area contributed by atoms with E-state index in [2.05, 4.69) is 55.6 Å². The summed E-state index contributed by atoms with van der Waals surface area (Å²) in [7, 11) is 0. The van der Waals surface area contributed by atoms with E-state index in [0.29, 0.717) is 6.04 Å². The molecular weight excluding hydrogens is 246 g/mol. The van der Waals surface area contributed by atoms with Gasteiger partial charge in [0.1, 0.15) is 5.75 Å². The fraction of sp³-hybridized carbons (Fsp3) is 0.444. The first-order chi connectivity index (χ1) is 9.79. The van der Waals surface area contributed by atoms with Gasteiger partial charge < -0.3 is 10.1 Å². The van der Waals surface area contributed by atoms with Crippen LogP contribution in [0.15, 0.2) is 36.4 Å². The van der Waals surface area contributed by atoms with Gasteiger partial charge in [-0.1, -0.05) is 43.3 Å². The van der Waals surface area contributed by atoms with E-state index >= 15 is 0 Å². The summed E-state index contributed by atoms with van der Waals surface area (Å²) >= 11 is 0. The summed E-state index contributed by atoms with van der Waals surface area (Å²) in [6, 6.07) is 13.2. The maximum absolute atomic E-state index is 6.20. The molecule has 0 bridgehead atoms. The lowest BCUT2D eigenvalue weighted by Crippen LogP contribution is -2.19. The molecule has 2 heteroatoms. The molecule has 0 radical (unpaired) electrons. The van der Waals surface area contributed by atoms with Crippen LogP contribution in [0, 0.1) is 5.92 Å². The number of benzene rings is 2. The molecule has 2 nitrogen and oxygen atoms in total. The number of hydrogen-bond acceptors (Lipinski definition) is 2. The van der Waals surface area contributed by atoms with Gasteiger partial charge in [-0.25, -0.2) is 0 Å². The first-order valence-electron chi connectivity index (χ1n) is 7.67. The number of ether oxygens (including phenoxy) is 1. The maximum atomic E-state index is 6.20. The van der Waals surface area contributed by atoms with E-state index in [4.69, 9.17) is 4.74 Å². The van der Waals surface area contributed by atoms with Gasteiger partial charge >= 0.3 is 0 Å². The Morgan fingerprint density at radius 3 is 2.75 bits per heavy atom. The quantitative estimate of drug-likeness (QED) is 0.844. The summed E-state index contributed by atoms with van der Waals surface area (Å²) < 4.78 is 6.20. The summed E-state index contributed by atoms with van der Waals surface area (Å²) in [5.74, 6) is 1.85. The van der Waals surface area contributed by atoms with Crippen LogP contribution in [0.25, 0.3) is 10.8 Å². The van der Waals surface area contributed by atoms with Gasteiger partial charge in [0.15, 0.2) is 0 Å². The van der Waals surface area contributed by atoms with Crippen molar-refractivity contribution in [1.29, 1.82) is 0 Å². The molecule has 1 saturated carbocycles. The molecule has 0 heterocycles. The minimum Gasteiger partial charge on any atom is -0.492 e. The molecule has 0 aliphatic heterocycles. The molecule has 1 fully saturated rings. The van der Waals surface area contributed by atoms with Crippen molar-refractivity contribution in [2.45, 2.75) is 32.7 Å². The van der Waals surface area contributed by atoms with Crippen LogP contribution in [0.5, 0.6) is 5.75 Å². The van der Waals surface area contributed by atoms with Gasteiger partial charge in [0, 0.05) is 17.0 Å². The highest BCUT2D eigenvalue weighted by atomic mass is 16.5. The van der Waals surface area contributed by atoms with E-state index in [1.165, 1.54) is 29.2 Å². The highest BCUT2D eigenvalue weighted by Gasteiger charge is 2.23. The molecule has 1 atom stereocenters. The van der Waals surface area contributed by atoms with E-state index in [1.807, 2.05) is 0 Å². The minimum atomic E-state index is 0.318. The summed E-state index contributed by atoms with van der Waals surface area (Å²) in [6.07, 6.45) is 2.64. The number of fused-ring (bicyclic) bond motifs is 1. The average molecular weight is 269 g/mol. The summed E-state index contributed by atoms with van der Waals surface area (Å²) in [6.45, 7) is 6.18. The van der Waals surface area contributed by atoms with Gasteiger partial charge in [-0.15, -0.1) is 0 Å². The fourth-order valence-electron chi connectivity index (χ4n) is 2.66. The van der Waals surface area contributed by atoms with Crippen LogP contribution in [0.1, 0.15) is 38.3 Å². The van der Waals surface area contributed by atoms with Crippen molar-refractivity contribution in [3.8, 4) is 5.75 Å². The van der Waals surface area contributed by atoms with Gasteiger partial charge in [-0.3, -0.25) is 0 Å². The second kappa shape index (κ2) is 5.84. The molecule has 3 rings (SSSR count). The zero-order valence-electron chi connectivity index (χ0n) is 12.4. The summed E-state index contributed by atoms with van der Waals surface area (Å²) in [5, 5.41) is 5.98. The summed E-state index contributed by atoms with van der Waals surface area (Å²) in [5.41, 5.74) is 1.27. The Bertz CT molecular complexity index is 589. The van der Waals surface area contributed by atoms with Gasteiger partial charge in [0.2, 0.25) is 0 Å². The van der Waals surface area contributed by atoms with Gasteiger partial charge in [-0.05, 0) is 37.6 Å². The van der Waals surface area contributed by atoms with Crippen LogP contribution in [0.4, 0.5) is 0 Å². The smallest absolute Gasteiger partial charge is 0.131 e. The second-order valence-electron chi connectivity index (χ2n) is 5.74. The lowest BCUT2D eigenvalue weighted by molar-refractivity contribution is 0.297. The maximum Gasteiger partial charge on any atom is 0.131 e. The highest BCUT2D eigenvalue weighted by Crippen LogP contribution is 2.36. The Balaban J connectivity index is 1.99. The molecule has 106 valence electrons. The number of nitrogens with one attached hydrogen (secondary N) is 1. The van der Waals surface area contributed by atoms with Crippen molar-refractivity contribution in [3.05, 3.63) is 42.0 Å². The predicted octanol–water partition coefficient (Wildman–Crippen LogP) is 4.30. The van der Waals surface area contributed by atoms with Crippen LogP contribution in [0.2, 0.25) is 0 Å². The van der Waals surface area contributed by atoms with E-state index in [1.54, 1.807) is 0 Å². The first kappa shape index (κ1) is 13.4. The molecule has 1 unspecified atom stereocenters. The minimum absolute atomic E-state index is 0.318. The number of rotatable bonds is 6. The third-order valence-corrected chi connectivity index (χ3v) is 4.05. The number of hydrogen-bond donors (Lipinski definition) is 1. The van der Waals surface area contributed by atoms with Gasteiger partial charge in [-0.2, -0.15) is 0 Å². The van der Waals surface area contributed by atoms with Crippen LogP contribution >= 0.6 is 0 Å². The molecule has 0 saturated heterocycles. The SMILES string of the molecule is CCNC(C)c1ccc2ccccc2c1OCC1CC1. The lowest BCUT2D eigenvalue weighted by Gasteiger charge is -2.19. The predicted molar refractivity (Wildman–Crippen MR) is 84.3 cm³/mol. The molecular formula is C18H23NO. The van der Waals surface area contributed by atoms with Crippen LogP contribution in [0.3, 0.4) is 0 Å². The van der Waals surface area contributed by atoms with Crippen molar-refractivity contribution in [2.75, 3.05) is 13.2 Å². The normalized spacial score (nSPS) is 16.3. The molecule has 0 spiro atoms. The molecule has 2 aromatic carbocycles. The van der Waals surface area contributed by atoms with Crippen molar-refractivity contribution in [2.24, 2.45) is 5.92 Å². The van der Waals surface area contributed by atoms with Gasteiger partial charge in [0.25, 0.3) is 0 Å². The Kier molecular flexibility index (Phi) is 3.93. The standard InChI is InChI=1S/C18H23NO/c1-3-19-13(2)16-11-10-15-6-4-5-7-17(15)18(16)20-12-14-8-9-14/h4-7,10-11,13-14,19H,3,8-9,12H2,1-2H3. The Morgan fingerprint density at radius 2 is 2.00 bits per heavy atom. The van der Waals surface area contributed by atoms with E-state index in [-0.39, 0.29) is 0 Å². The lowest BCUT2D eigenvalue weighted by atomic mass is 10.0. The van der Waals surface area contributed by atoms with E-state index in [0.717, 1.165) is 24.8 Å². The van der Waals surface area contributed by atoms with Crippen LogP contribution in [-0.2, 0) is 0 Å². The van der Waals surface area contributed by atoms with E-state index in [9.17, 15) is 0 Å². The molecule has 0 amide bonds. The molecule has 2 aromatic rings. The molecule has 1 N–H and O–H groups in total. The van der Waals surface area contributed by atoms with Crippen LogP contribution < -0.4 is 10.1 Å².